The van der Waals surface area contributed by atoms with E-state index < -0.39 is 0 Å². The smallest absolute Gasteiger partial charge is 0.315 e. The van der Waals surface area contributed by atoms with Crippen molar-refractivity contribution in [2.24, 2.45) is 0 Å². The first kappa shape index (κ1) is 13.8. The van der Waals surface area contributed by atoms with E-state index in [1.807, 2.05) is 38.1 Å². The lowest BCUT2D eigenvalue weighted by Crippen LogP contribution is -2.03. The molecule has 118 valence electrons. The van der Waals surface area contributed by atoms with Crippen molar-refractivity contribution in [3.8, 4) is 5.75 Å². The van der Waals surface area contributed by atoms with Crippen molar-refractivity contribution in [2.75, 3.05) is 5.32 Å². The van der Waals surface area contributed by atoms with E-state index in [0.29, 0.717) is 18.5 Å². The van der Waals surface area contributed by atoms with Gasteiger partial charge in [-0.05, 0) is 25.5 Å². The molecule has 1 aliphatic heterocycles. The quantitative estimate of drug-likeness (QED) is 0.792. The number of para-hydroxylation sites is 1. The predicted octanol–water partition coefficient (Wildman–Crippen LogP) is 2.96. The highest BCUT2D eigenvalue weighted by molar-refractivity contribution is 5.38. The summed E-state index contributed by atoms with van der Waals surface area (Å²) in [7, 11) is 0. The number of hydrogen-bond acceptors (Lipinski definition) is 7. The van der Waals surface area contributed by atoms with Crippen molar-refractivity contribution >= 4 is 6.01 Å². The molecule has 2 aromatic heterocycles. The summed E-state index contributed by atoms with van der Waals surface area (Å²) in [5.41, 5.74) is 3.00. The molecule has 4 rings (SSSR count). The molecule has 1 unspecified atom stereocenters. The van der Waals surface area contributed by atoms with Crippen molar-refractivity contribution in [3.63, 3.8) is 0 Å². The Bertz CT molecular complexity index is 795. The van der Waals surface area contributed by atoms with Gasteiger partial charge in [0.2, 0.25) is 0 Å². The molecule has 0 spiro atoms. The van der Waals surface area contributed by atoms with Crippen LogP contribution >= 0.6 is 0 Å². The fraction of sp³-hybridized carbons (Fsp3) is 0.312. The van der Waals surface area contributed by atoms with Gasteiger partial charge in [0.25, 0.3) is 5.89 Å². The third-order valence-corrected chi connectivity index (χ3v) is 3.96. The summed E-state index contributed by atoms with van der Waals surface area (Å²) in [6, 6.07) is 8.30. The maximum atomic E-state index is 5.85. The zero-order valence-corrected chi connectivity index (χ0v) is 12.9. The summed E-state index contributed by atoms with van der Waals surface area (Å²) in [6.45, 7) is 4.30. The molecule has 0 saturated heterocycles. The third kappa shape index (κ3) is 2.54. The topological polar surface area (TPSA) is 86.2 Å². The largest absolute Gasteiger partial charge is 0.480 e. The van der Waals surface area contributed by atoms with Crippen LogP contribution in [0.15, 0.2) is 33.2 Å². The Hall–Kier alpha value is -2.83. The number of benzene rings is 1. The standard InChI is InChI=1S/C16H16N4O3/c1-9-12(10(2)23-20-9)8-17-16-19-18-15(22-16)14-7-11-5-3-4-6-13(11)21-14/h3-6,14H,7-8H2,1-2H3,(H,17,19). The summed E-state index contributed by atoms with van der Waals surface area (Å²) in [6.07, 6.45) is 0.510. The van der Waals surface area contributed by atoms with Gasteiger partial charge in [0.1, 0.15) is 11.5 Å². The number of fused-ring (bicyclic) bond motifs is 1. The van der Waals surface area contributed by atoms with Crippen LogP contribution in [0.4, 0.5) is 6.01 Å². The number of nitrogens with one attached hydrogen (secondary N) is 1. The highest BCUT2D eigenvalue weighted by Gasteiger charge is 2.28. The Morgan fingerprint density at radius 3 is 2.87 bits per heavy atom. The molecule has 0 aliphatic carbocycles. The average molecular weight is 312 g/mol. The minimum absolute atomic E-state index is 0.227. The SMILES string of the molecule is Cc1noc(C)c1CNc1nnc(C2Cc3ccccc3O2)o1. The Morgan fingerprint density at radius 1 is 1.22 bits per heavy atom. The van der Waals surface area contributed by atoms with Crippen molar-refractivity contribution in [3.05, 3.63) is 52.7 Å². The third-order valence-electron chi connectivity index (χ3n) is 3.96. The molecule has 0 amide bonds. The fourth-order valence-corrected chi connectivity index (χ4v) is 2.67. The number of anilines is 1. The minimum Gasteiger partial charge on any atom is -0.480 e. The van der Waals surface area contributed by atoms with Crippen LogP contribution in [0.1, 0.15) is 34.6 Å². The molecule has 3 heterocycles. The lowest BCUT2D eigenvalue weighted by molar-refractivity contribution is 0.199. The molecule has 0 radical (unpaired) electrons. The molecule has 7 heteroatoms. The summed E-state index contributed by atoms with van der Waals surface area (Å²) >= 11 is 0. The van der Waals surface area contributed by atoms with E-state index in [0.717, 1.165) is 34.8 Å². The van der Waals surface area contributed by atoms with Crippen molar-refractivity contribution < 1.29 is 13.7 Å². The summed E-state index contributed by atoms with van der Waals surface area (Å²) < 4.78 is 16.6. The zero-order chi connectivity index (χ0) is 15.8. The van der Waals surface area contributed by atoms with Gasteiger partial charge in [0.05, 0.1) is 5.69 Å². The van der Waals surface area contributed by atoms with Crippen LogP contribution in [-0.4, -0.2) is 15.4 Å². The molecule has 1 atom stereocenters. The molecule has 1 N–H and O–H groups in total. The second-order valence-electron chi connectivity index (χ2n) is 5.52. The monoisotopic (exact) mass is 312 g/mol. The maximum Gasteiger partial charge on any atom is 0.315 e. The van der Waals surface area contributed by atoms with E-state index in [-0.39, 0.29) is 6.10 Å². The van der Waals surface area contributed by atoms with Crippen LogP contribution in [-0.2, 0) is 13.0 Å². The first-order chi connectivity index (χ1) is 11.2. The van der Waals surface area contributed by atoms with Gasteiger partial charge < -0.3 is 19.0 Å². The molecule has 23 heavy (non-hydrogen) atoms. The Labute approximate surface area is 132 Å². The molecule has 1 aromatic carbocycles. The molecule has 0 fully saturated rings. The van der Waals surface area contributed by atoms with Gasteiger partial charge in [0.15, 0.2) is 6.10 Å². The van der Waals surface area contributed by atoms with E-state index >= 15 is 0 Å². The molecule has 0 bridgehead atoms. The Morgan fingerprint density at radius 2 is 2.09 bits per heavy atom. The van der Waals surface area contributed by atoms with Gasteiger partial charge in [-0.25, -0.2) is 0 Å². The van der Waals surface area contributed by atoms with E-state index in [2.05, 4.69) is 20.7 Å². The van der Waals surface area contributed by atoms with Crippen LogP contribution in [0.3, 0.4) is 0 Å². The summed E-state index contributed by atoms with van der Waals surface area (Å²) in [5, 5.41) is 15.1. The molecular weight excluding hydrogens is 296 g/mol. The van der Waals surface area contributed by atoms with Gasteiger partial charge in [-0.2, -0.15) is 0 Å². The molecular formula is C16H16N4O3. The number of nitrogens with zero attached hydrogens (tertiary/aromatic N) is 3. The van der Waals surface area contributed by atoms with E-state index in [9.17, 15) is 0 Å². The minimum atomic E-state index is -0.227. The number of aryl methyl sites for hydroxylation is 2. The van der Waals surface area contributed by atoms with Gasteiger partial charge >= 0.3 is 6.01 Å². The Kier molecular flexibility index (Phi) is 3.25. The van der Waals surface area contributed by atoms with Gasteiger partial charge in [0, 0.05) is 18.5 Å². The lowest BCUT2D eigenvalue weighted by atomic mass is 10.1. The van der Waals surface area contributed by atoms with Crippen LogP contribution in [0.25, 0.3) is 0 Å². The van der Waals surface area contributed by atoms with Gasteiger partial charge in [-0.1, -0.05) is 28.5 Å². The molecule has 0 saturated carbocycles. The Balaban J connectivity index is 1.44. The number of aromatic nitrogens is 3. The first-order valence-corrected chi connectivity index (χ1v) is 7.44. The molecule has 7 nitrogen and oxygen atoms in total. The van der Waals surface area contributed by atoms with E-state index in [4.69, 9.17) is 13.7 Å². The number of rotatable bonds is 4. The van der Waals surface area contributed by atoms with Gasteiger partial charge in [-0.15, -0.1) is 5.10 Å². The predicted molar refractivity (Wildman–Crippen MR) is 81.1 cm³/mol. The van der Waals surface area contributed by atoms with Crippen LogP contribution in [0.5, 0.6) is 5.75 Å². The van der Waals surface area contributed by atoms with E-state index in [1.165, 1.54) is 0 Å². The maximum absolute atomic E-state index is 5.85. The normalized spacial score (nSPS) is 16.2. The van der Waals surface area contributed by atoms with Crippen LogP contribution in [0.2, 0.25) is 0 Å². The van der Waals surface area contributed by atoms with Gasteiger partial charge in [-0.3, -0.25) is 0 Å². The molecule has 3 aromatic rings. The highest BCUT2D eigenvalue weighted by atomic mass is 16.5. The second-order valence-corrected chi connectivity index (χ2v) is 5.52. The second kappa shape index (κ2) is 5.42. The zero-order valence-electron chi connectivity index (χ0n) is 12.9. The number of hydrogen-bond donors (Lipinski definition) is 1. The number of ether oxygens (including phenoxy) is 1. The fourth-order valence-electron chi connectivity index (χ4n) is 2.67. The summed E-state index contributed by atoms with van der Waals surface area (Å²) in [4.78, 5) is 0. The van der Waals surface area contributed by atoms with Crippen molar-refractivity contribution in [2.45, 2.75) is 32.9 Å². The lowest BCUT2D eigenvalue weighted by Gasteiger charge is -2.04. The first-order valence-electron chi connectivity index (χ1n) is 7.44. The van der Waals surface area contributed by atoms with Crippen LogP contribution in [0, 0.1) is 13.8 Å². The highest BCUT2D eigenvalue weighted by Crippen LogP contribution is 2.36. The van der Waals surface area contributed by atoms with Crippen molar-refractivity contribution in [1.29, 1.82) is 0 Å². The van der Waals surface area contributed by atoms with Crippen molar-refractivity contribution in [1.82, 2.24) is 15.4 Å². The van der Waals surface area contributed by atoms with E-state index in [1.54, 1.807) is 0 Å². The molecule has 1 aliphatic rings. The van der Waals surface area contributed by atoms with Crippen LogP contribution < -0.4 is 10.1 Å². The average Bonchev–Trinajstić information content (AvgIpc) is 3.25. The summed E-state index contributed by atoms with van der Waals surface area (Å²) in [5.74, 6) is 2.13.